The van der Waals surface area contributed by atoms with Crippen LogP contribution in [0, 0.1) is 0 Å². The minimum atomic E-state index is 0.517. The molecular formula is C5H10NOSTl. The summed E-state index contributed by atoms with van der Waals surface area (Å²) in [4.78, 5) is 2.02. The SMILES string of the molecule is CCN(CC)C(=S)[O][Tl]. The summed E-state index contributed by atoms with van der Waals surface area (Å²) < 4.78 is 5.02. The van der Waals surface area contributed by atoms with Crippen LogP contribution in [0.5, 0.6) is 0 Å². The van der Waals surface area contributed by atoms with E-state index in [1.54, 1.807) is 0 Å². The van der Waals surface area contributed by atoms with E-state index in [9.17, 15) is 0 Å². The first-order valence-electron chi connectivity index (χ1n) is 2.91. The molecule has 0 amide bonds. The Balaban J connectivity index is 3.64. The van der Waals surface area contributed by atoms with Crippen molar-refractivity contribution < 1.29 is 2.69 Å². The second-order valence-corrected chi connectivity index (χ2v) is 2.82. The average Bonchev–Trinajstić information content (AvgIpc) is 1.90. The van der Waals surface area contributed by atoms with Crippen LogP contribution in [0.25, 0.3) is 0 Å². The van der Waals surface area contributed by atoms with Crippen LogP contribution in [-0.4, -0.2) is 49.4 Å². The molecule has 0 fully saturated rings. The molecule has 0 saturated heterocycles. The van der Waals surface area contributed by atoms with Gasteiger partial charge >= 0.3 is 78.1 Å². The van der Waals surface area contributed by atoms with E-state index in [-0.39, 0.29) is 0 Å². The molecule has 0 unspecified atom stereocenters. The van der Waals surface area contributed by atoms with Gasteiger partial charge in [0.25, 0.3) is 0 Å². The van der Waals surface area contributed by atoms with Crippen molar-refractivity contribution in [3.8, 4) is 0 Å². The molecule has 0 rings (SSSR count). The van der Waals surface area contributed by atoms with Gasteiger partial charge in [-0.05, 0) is 0 Å². The number of hydrogen-bond donors (Lipinski definition) is 0. The Kier molecular flexibility index (Phi) is 5.77. The van der Waals surface area contributed by atoms with Gasteiger partial charge in [-0.1, -0.05) is 0 Å². The number of hydrogen-bond acceptors (Lipinski definition) is 2. The van der Waals surface area contributed by atoms with Crippen LogP contribution in [-0.2, 0) is 2.69 Å². The molecule has 0 spiro atoms. The van der Waals surface area contributed by atoms with Crippen molar-refractivity contribution in [2.45, 2.75) is 13.8 Å². The van der Waals surface area contributed by atoms with E-state index in [0.29, 0.717) is 31.4 Å². The van der Waals surface area contributed by atoms with Crippen molar-refractivity contribution >= 4 is 43.6 Å². The van der Waals surface area contributed by atoms with Gasteiger partial charge in [-0.25, -0.2) is 0 Å². The molecule has 2 nitrogen and oxygen atoms in total. The molecule has 0 N–H and O–H groups in total. The zero-order chi connectivity index (χ0) is 7.28. The van der Waals surface area contributed by atoms with Crippen LogP contribution in [0.4, 0.5) is 0 Å². The Labute approximate surface area is 77.9 Å². The zero-order valence-electron chi connectivity index (χ0n) is 5.76. The molecule has 0 aromatic rings. The molecule has 0 aliphatic heterocycles. The van der Waals surface area contributed by atoms with Crippen LogP contribution in [0.15, 0.2) is 0 Å². The number of thiocarbonyl (C=S) groups is 1. The molecule has 0 aromatic heterocycles. The number of nitrogens with zero attached hydrogens (tertiary/aromatic N) is 1. The second-order valence-electron chi connectivity index (χ2n) is 1.56. The standard InChI is InChI=1S/C5H11NOS.Tl/c1-3-6(4-2)5(7)8;/h3-4H2,1-2H3,(H,7,8);/q;+1/p-1. The first-order chi connectivity index (χ1) is 4.26. The molecule has 50 valence electrons. The van der Waals surface area contributed by atoms with E-state index >= 15 is 0 Å². The fourth-order valence-electron chi connectivity index (χ4n) is 0.556. The van der Waals surface area contributed by atoms with Crippen LogP contribution >= 0.6 is 12.2 Å². The van der Waals surface area contributed by atoms with Gasteiger partial charge in [-0.3, -0.25) is 0 Å². The third kappa shape index (κ3) is 3.34. The number of rotatable bonds is 2. The molecule has 0 aliphatic rings. The van der Waals surface area contributed by atoms with Gasteiger partial charge in [0.1, 0.15) is 0 Å². The predicted octanol–water partition coefficient (Wildman–Crippen LogP) is 0.713. The van der Waals surface area contributed by atoms with Crippen molar-refractivity contribution in [3.05, 3.63) is 0 Å². The summed E-state index contributed by atoms with van der Waals surface area (Å²) in [6.45, 7) is 6.03. The van der Waals surface area contributed by atoms with E-state index in [1.807, 2.05) is 4.90 Å². The van der Waals surface area contributed by atoms with Crippen LogP contribution in [0.1, 0.15) is 13.8 Å². The molecule has 0 aromatic carbocycles. The van der Waals surface area contributed by atoms with Crippen molar-refractivity contribution in [1.82, 2.24) is 4.90 Å². The van der Waals surface area contributed by atoms with Crippen molar-refractivity contribution in [2.75, 3.05) is 13.1 Å². The summed E-state index contributed by atoms with van der Waals surface area (Å²) in [5.74, 6) is 0. The van der Waals surface area contributed by atoms with Gasteiger partial charge in [-0.15, -0.1) is 0 Å². The Morgan fingerprint density at radius 2 is 2.00 bits per heavy atom. The first kappa shape index (κ1) is 9.61. The van der Waals surface area contributed by atoms with Crippen molar-refractivity contribution in [1.29, 1.82) is 0 Å². The Morgan fingerprint density at radius 1 is 1.56 bits per heavy atom. The third-order valence-corrected chi connectivity index (χ3v) is 3.01. The molecule has 0 aliphatic carbocycles. The summed E-state index contributed by atoms with van der Waals surface area (Å²) >= 11 is 5.44. The molecule has 0 atom stereocenters. The molecule has 0 bridgehead atoms. The average molecular weight is 337 g/mol. The molecular weight excluding hydrogens is 327 g/mol. The molecule has 0 heterocycles. The minimum absolute atomic E-state index is 0.517. The van der Waals surface area contributed by atoms with Gasteiger partial charge < -0.3 is 0 Å². The monoisotopic (exact) mass is 337 g/mol. The topological polar surface area (TPSA) is 12.5 Å². The fraction of sp³-hybridized carbons (Fsp3) is 0.800. The van der Waals surface area contributed by atoms with Crippen LogP contribution < -0.4 is 0 Å². The van der Waals surface area contributed by atoms with Gasteiger partial charge in [0, 0.05) is 0 Å². The van der Waals surface area contributed by atoms with Gasteiger partial charge in [0.05, 0.1) is 0 Å². The summed E-state index contributed by atoms with van der Waals surface area (Å²) in [7, 11) is 0. The first-order valence-corrected chi connectivity index (χ1v) is 5.16. The normalized spacial score (nSPS) is 8.56. The summed E-state index contributed by atoms with van der Waals surface area (Å²) in [5.41, 5.74) is 0. The van der Waals surface area contributed by atoms with E-state index in [1.165, 1.54) is 0 Å². The molecule has 9 heavy (non-hydrogen) atoms. The van der Waals surface area contributed by atoms with E-state index in [0.717, 1.165) is 13.1 Å². The second kappa shape index (κ2) is 5.40. The van der Waals surface area contributed by atoms with E-state index in [4.69, 9.17) is 14.9 Å². The van der Waals surface area contributed by atoms with Crippen molar-refractivity contribution in [3.63, 3.8) is 0 Å². The van der Waals surface area contributed by atoms with E-state index in [2.05, 4.69) is 13.8 Å². The predicted molar refractivity (Wildman–Crippen MR) is 42.4 cm³/mol. The molecule has 4 heteroatoms. The van der Waals surface area contributed by atoms with Crippen LogP contribution in [0.2, 0.25) is 0 Å². The van der Waals surface area contributed by atoms with Crippen LogP contribution in [0.3, 0.4) is 0 Å². The van der Waals surface area contributed by atoms with Crippen molar-refractivity contribution in [2.24, 2.45) is 0 Å². The van der Waals surface area contributed by atoms with E-state index < -0.39 is 0 Å². The Hall–Kier alpha value is 0.612. The third-order valence-electron chi connectivity index (χ3n) is 1.12. The Bertz CT molecular complexity index is 95.0. The summed E-state index contributed by atoms with van der Waals surface area (Å²) in [5, 5.41) is 0.657. The molecule has 0 radical (unpaired) electrons. The van der Waals surface area contributed by atoms with Gasteiger partial charge in [0.15, 0.2) is 0 Å². The summed E-state index contributed by atoms with van der Waals surface area (Å²) in [6, 6.07) is 0. The maximum absolute atomic E-state index is 5.02. The fourth-order valence-corrected chi connectivity index (χ4v) is 1.39. The zero-order valence-corrected chi connectivity index (χ0v) is 11.1. The quantitative estimate of drug-likeness (QED) is 0.544. The maximum atomic E-state index is 5.02. The van der Waals surface area contributed by atoms with Gasteiger partial charge in [0.2, 0.25) is 0 Å². The van der Waals surface area contributed by atoms with Gasteiger partial charge in [-0.2, -0.15) is 0 Å². The summed E-state index contributed by atoms with van der Waals surface area (Å²) in [6.07, 6.45) is 0. The Morgan fingerprint density at radius 3 is 2.11 bits per heavy atom. The molecule has 0 saturated carbocycles.